The van der Waals surface area contributed by atoms with Gasteiger partial charge in [-0.3, -0.25) is 0 Å². The monoisotopic (exact) mass is 524 g/mol. The van der Waals surface area contributed by atoms with Gasteiger partial charge >= 0.3 is 12.0 Å². The highest BCUT2D eigenvalue weighted by atomic mass is 19.1. The molecule has 2 amide bonds. The van der Waals surface area contributed by atoms with Crippen molar-refractivity contribution < 1.29 is 23.5 Å². The van der Waals surface area contributed by atoms with Gasteiger partial charge in [0.25, 0.3) is 0 Å². The number of amides is 2. The van der Waals surface area contributed by atoms with Crippen molar-refractivity contribution in [3.05, 3.63) is 64.7 Å². The molecule has 0 spiro atoms. The molecule has 1 aliphatic rings. The summed E-state index contributed by atoms with van der Waals surface area (Å²) < 4.78 is 29.7. The van der Waals surface area contributed by atoms with E-state index in [-0.39, 0.29) is 23.9 Å². The Labute approximate surface area is 219 Å². The van der Waals surface area contributed by atoms with E-state index in [4.69, 9.17) is 0 Å². The zero-order valence-corrected chi connectivity index (χ0v) is 21.5. The topological polar surface area (TPSA) is 111 Å². The quantitative estimate of drug-likeness (QED) is 0.323. The minimum absolute atomic E-state index is 0.00491. The van der Waals surface area contributed by atoms with Crippen LogP contribution in [0.5, 0.6) is 0 Å². The molecule has 0 radical (unpaired) electrons. The van der Waals surface area contributed by atoms with Gasteiger partial charge in [0.2, 0.25) is 5.95 Å². The summed E-state index contributed by atoms with van der Waals surface area (Å²) in [5.74, 6) is -2.77. The van der Waals surface area contributed by atoms with Crippen LogP contribution in [0.25, 0.3) is 11.3 Å². The third kappa shape index (κ3) is 5.42. The summed E-state index contributed by atoms with van der Waals surface area (Å²) in [7, 11) is 0. The highest BCUT2D eigenvalue weighted by Crippen LogP contribution is 2.39. The van der Waals surface area contributed by atoms with Crippen molar-refractivity contribution in [2.24, 2.45) is 0 Å². The number of urea groups is 1. The molecule has 38 heavy (non-hydrogen) atoms. The number of nitrogens with zero attached hydrogens (tertiary/aromatic N) is 4. The van der Waals surface area contributed by atoms with Crippen molar-refractivity contribution in [2.45, 2.75) is 33.7 Å². The van der Waals surface area contributed by atoms with Gasteiger partial charge in [0.15, 0.2) is 5.82 Å². The van der Waals surface area contributed by atoms with Crippen molar-refractivity contribution in [3.8, 4) is 11.3 Å². The molecule has 9 nitrogen and oxygen atoms in total. The van der Waals surface area contributed by atoms with Gasteiger partial charge in [0.1, 0.15) is 17.3 Å². The second kappa shape index (κ2) is 11.5. The number of benzene rings is 2. The second-order valence-corrected chi connectivity index (χ2v) is 8.90. The molecule has 11 heteroatoms. The highest BCUT2D eigenvalue weighted by molar-refractivity contribution is 6.02. The first-order valence-electron chi connectivity index (χ1n) is 12.5. The fourth-order valence-corrected chi connectivity index (χ4v) is 4.42. The summed E-state index contributed by atoms with van der Waals surface area (Å²) in [6.45, 7) is 9.20. The number of carboxylic acid groups (broad SMARTS) is 1. The molecule has 0 bridgehead atoms. The minimum Gasteiger partial charge on any atom is -0.478 e. The second-order valence-electron chi connectivity index (χ2n) is 8.90. The van der Waals surface area contributed by atoms with Gasteiger partial charge in [-0.2, -0.15) is 4.98 Å². The molecule has 0 unspecified atom stereocenters. The third-order valence-corrected chi connectivity index (χ3v) is 6.55. The average molecular weight is 525 g/mol. The van der Waals surface area contributed by atoms with Crippen LogP contribution >= 0.6 is 0 Å². The number of anilines is 3. The molecule has 0 atom stereocenters. The Morgan fingerprint density at radius 1 is 1.16 bits per heavy atom. The predicted molar refractivity (Wildman–Crippen MR) is 141 cm³/mol. The van der Waals surface area contributed by atoms with Gasteiger partial charge in [-0.25, -0.2) is 28.3 Å². The van der Waals surface area contributed by atoms with Crippen LogP contribution in [0.4, 0.5) is 31.0 Å². The molecule has 0 fully saturated rings. The molecular formula is C27H30F2N6O3. The van der Waals surface area contributed by atoms with Crippen molar-refractivity contribution in [2.75, 3.05) is 36.4 Å². The number of aromatic nitrogens is 2. The van der Waals surface area contributed by atoms with E-state index in [9.17, 15) is 23.5 Å². The Hall–Kier alpha value is -4.12. The van der Waals surface area contributed by atoms with Gasteiger partial charge < -0.3 is 20.6 Å². The Kier molecular flexibility index (Phi) is 8.16. The predicted octanol–water partition coefficient (Wildman–Crippen LogP) is 4.93. The number of nitrogens with one attached hydrogen (secondary N) is 2. The summed E-state index contributed by atoms with van der Waals surface area (Å²) in [6.07, 6.45) is 0.789. The molecule has 1 aliphatic heterocycles. The normalized spacial score (nSPS) is 12.9. The van der Waals surface area contributed by atoms with E-state index in [1.54, 1.807) is 6.07 Å². The van der Waals surface area contributed by atoms with Gasteiger partial charge in [-0.15, -0.1) is 0 Å². The standard InChI is InChI=1S/C27H30F2N6O3/c1-4-34(5-2)13-7-12-30-26-32-22(18-14-17(25(36)37)11-10-16(18)3)19-15-31-27(38)35(24(19)33-26)23-20(28)8-6-9-21(23)29/h6,8-11,14H,4-5,7,12-13,15H2,1-3H3,(H,31,38)(H,36,37)(H,30,32,33). The van der Waals surface area contributed by atoms with Crippen molar-refractivity contribution >= 4 is 29.5 Å². The van der Waals surface area contributed by atoms with Crippen LogP contribution in [-0.2, 0) is 6.54 Å². The van der Waals surface area contributed by atoms with Gasteiger partial charge in [-0.05, 0) is 62.8 Å². The minimum atomic E-state index is -1.10. The third-order valence-electron chi connectivity index (χ3n) is 6.55. The summed E-state index contributed by atoms with van der Waals surface area (Å²) in [5.41, 5.74) is 1.53. The number of para-hydroxylation sites is 1. The first-order valence-corrected chi connectivity index (χ1v) is 12.5. The van der Waals surface area contributed by atoms with Crippen molar-refractivity contribution in [1.82, 2.24) is 20.2 Å². The number of carbonyl (C=O) groups excluding carboxylic acids is 1. The van der Waals surface area contributed by atoms with Crippen LogP contribution in [0.3, 0.4) is 0 Å². The van der Waals surface area contributed by atoms with E-state index in [1.807, 2.05) is 6.92 Å². The Morgan fingerprint density at radius 3 is 2.53 bits per heavy atom. The Bertz CT molecular complexity index is 1340. The van der Waals surface area contributed by atoms with E-state index in [0.717, 1.165) is 48.7 Å². The van der Waals surface area contributed by atoms with E-state index in [2.05, 4.69) is 39.3 Å². The number of carbonyl (C=O) groups is 2. The van der Waals surface area contributed by atoms with Crippen molar-refractivity contribution in [1.29, 1.82) is 0 Å². The summed E-state index contributed by atoms with van der Waals surface area (Å²) in [5, 5.41) is 15.4. The lowest BCUT2D eigenvalue weighted by atomic mass is 9.98. The molecule has 2 heterocycles. The number of aryl methyl sites for hydroxylation is 1. The molecule has 1 aromatic heterocycles. The van der Waals surface area contributed by atoms with E-state index < -0.39 is 29.3 Å². The maximum Gasteiger partial charge on any atom is 0.335 e. The van der Waals surface area contributed by atoms with Crippen LogP contribution in [0.1, 0.15) is 41.8 Å². The highest BCUT2D eigenvalue weighted by Gasteiger charge is 2.34. The number of fused-ring (bicyclic) bond motifs is 1. The fraction of sp³-hybridized carbons (Fsp3) is 0.333. The van der Waals surface area contributed by atoms with Crippen molar-refractivity contribution in [3.63, 3.8) is 0 Å². The SMILES string of the molecule is CCN(CC)CCCNc1nc(-c2cc(C(=O)O)ccc2C)c2c(n1)N(c1c(F)cccc1F)C(=O)NC2. The first-order chi connectivity index (χ1) is 18.2. The molecule has 3 aromatic rings. The number of halogens is 2. The maximum absolute atomic E-state index is 14.8. The number of hydrogen-bond acceptors (Lipinski definition) is 6. The van der Waals surface area contributed by atoms with E-state index in [0.29, 0.717) is 23.4 Å². The molecule has 0 saturated carbocycles. The molecule has 200 valence electrons. The lowest BCUT2D eigenvalue weighted by Crippen LogP contribution is -2.43. The molecule has 0 aliphatic carbocycles. The van der Waals surface area contributed by atoms with Crippen LogP contribution < -0.4 is 15.5 Å². The zero-order valence-electron chi connectivity index (χ0n) is 21.5. The lowest BCUT2D eigenvalue weighted by Gasteiger charge is -2.31. The van der Waals surface area contributed by atoms with Crippen LogP contribution in [0.2, 0.25) is 0 Å². The van der Waals surface area contributed by atoms with E-state index in [1.165, 1.54) is 18.2 Å². The van der Waals surface area contributed by atoms with Crippen LogP contribution in [0, 0.1) is 18.6 Å². The first kappa shape index (κ1) is 26.9. The maximum atomic E-state index is 14.8. The Morgan fingerprint density at radius 2 is 1.87 bits per heavy atom. The molecule has 0 saturated heterocycles. The summed E-state index contributed by atoms with van der Waals surface area (Å²) in [4.78, 5) is 37.0. The Balaban J connectivity index is 1.84. The largest absolute Gasteiger partial charge is 0.478 e. The van der Waals surface area contributed by atoms with Gasteiger partial charge in [-0.1, -0.05) is 26.0 Å². The molecular weight excluding hydrogens is 494 g/mol. The summed E-state index contributed by atoms with van der Waals surface area (Å²) >= 11 is 0. The number of rotatable bonds is 10. The molecule has 4 rings (SSSR count). The van der Waals surface area contributed by atoms with Crippen LogP contribution in [0.15, 0.2) is 36.4 Å². The van der Waals surface area contributed by atoms with Crippen LogP contribution in [-0.4, -0.2) is 58.2 Å². The number of aromatic carboxylic acids is 1. The number of carboxylic acids is 1. The smallest absolute Gasteiger partial charge is 0.335 e. The average Bonchev–Trinajstić information content (AvgIpc) is 2.89. The zero-order chi connectivity index (χ0) is 27.4. The molecule has 3 N–H and O–H groups in total. The summed E-state index contributed by atoms with van der Waals surface area (Å²) in [6, 6.07) is 7.25. The fourth-order valence-electron chi connectivity index (χ4n) is 4.42. The van der Waals surface area contributed by atoms with Gasteiger partial charge in [0.05, 0.1) is 17.8 Å². The molecule has 2 aromatic carbocycles. The lowest BCUT2D eigenvalue weighted by molar-refractivity contribution is 0.0697. The number of hydrogen-bond donors (Lipinski definition) is 3. The van der Waals surface area contributed by atoms with Gasteiger partial charge in [0, 0.05) is 17.7 Å². The van der Waals surface area contributed by atoms with E-state index >= 15 is 0 Å².